The van der Waals surface area contributed by atoms with Crippen molar-refractivity contribution in [3.63, 3.8) is 0 Å². The molecule has 2 N–H and O–H groups in total. The lowest BCUT2D eigenvalue weighted by atomic mass is 10.1. The molecule has 1 aromatic carbocycles. The molecule has 2 aromatic rings. The van der Waals surface area contributed by atoms with Crippen molar-refractivity contribution >= 4 is 22.6 Å². The average molecular weight is 272 g/mol. The molecule has 5 heteroatoms. The predicted molar refractivity (Wildman–Crippen MR) is 75.5 cm³/mol. The van der Waals surface area contributed by atoms with E-state index in [0.717, 1.165) is 10.8 Å². The Labute approximate surface area is 116 Å². The van der Waals surface area contributed by atoms with Crippen molar-refractivity contribution in [1.82, 2.24) is 10.3 Å². The Hall–Kier alpha value is -2.43. The standard InChI is InChI=1S/C15H16N2O3/c1-10(6-7-14(18)19)17-15(20)13-9-16-8-11-4-2-3-5-12(11)13/h2-5,8-10H,6-7H2,1H3,(H,17,20)(H,18,19). The molecule has 20 heavy (non-hydrogen) atoms. The third kappa shape index (κ3) is 3.32. The third-order valence-corrected chi connectivity index (χ3v) is 3.08. The Morgan fingerprint density at radius 2 is 2.05 bits per heavy atom. The van der Waals surface area contributed by atoms with Crippen LogP contribution < -0.4 is 5.32 Å². The van der Waals surface area contributed by atoms with Gasteiger partial charge in [0.05, 0.1) is 5.56 Å². The summed E-state index contributed by atoms with van der Waals surface area (Å²) in [6.45, 7) is 1.79. The highest BCUT2D eigenvalue weighted by Crippen LogP contribution is 2.17. The number of fused-ring (bicyclic) bond motifs is 1. The third-order valence-electron chi connectivity index (χ3n) is 3.08. The molecule has 0 spiro atoms. The van der Waals surface area contributed by atoms with Crippen LogP contribution in [0.5, 0.6) is 0 Å². The van der Waals surface area contributed by atoms with Gasteiger partial charge in [-0.05, 0) is 18.7 Å². The number of pyridine rings is 1. The molecule has 104 valence electrons. The number of carboxylic acid groups (broad SMARTS) is 1. The van der Waals surface area contributed by atoms with Crippen molar-refractivity contribution in [3.05, 3.63) is 42.2 Å². The van der Waals surface area contributed by atoms with E-state index in [2.05, 4.69) is 10.3 Å². The summed E-state index contributed by atoms with van der Waals surface area (Å²) in [5.74, 6) is -1.09. The van der Waals surface area contributed by atoms with Crippen LogP contribution in [0.25, 0.3) is 10.8 Å². The van der Waals surface area contributed by atoms with Crippen LogP contribution in [0, 0.1) is 0 Å². The van der Waals surface area contributed by atoms with Gasteiger partial charge in [-0.3, -0.25) is 14.6 Å². The van der Waals surface area contributed by atoms with Crippen molar-refractivity contribution in [1.29, 1.82) is 0 Å². The highest BCUT2D eigenvalue weighted by molar-refractivity contribution is 6.06. The van der Waals surface area contributed by atoms with Gasteiger partial charge in [-0.15, -0.1) is 0 Å². The Morgan fingerprint density at radius 1 is 1.30 bits per heavy atom. The van der Waals surface area contributed by atoms with Gasteiger partial charge in [0, 0.05) is 30.2 Å². The highest BCUT2D eigenvalue weighted by atomic mass is 16.4. The van der Waals surface area contributed by atoms with E-state index in [4.69, 9.17) is 5.11 Å². The van der Waals surface area contributed by atoms with Crippen molar-refractivity contribution in [3.8, 4) is 0 Å². The van der Waals surface area contributed by atoms with E-state index < -0.39 is 5.97 Å². The summed E-state index contributed by atoms with van der Waals surface area (Å²) in [6, 6.07) is 7.33. The number of carboxylic acids is 1. The minimum Gasteiger partial charge on any atom is -0.481 e. The molecule has 1 atom stereocenters. The maximum absolute atomic E-state index is 12.2. The number of nitrogens with one attached hydrogen (secondary N) is 1. The molecule has 0 saturated heterocycles. The van der Waals surface area contributed by atoms with Crippen molar-refractivity contribution in [2.45, 2.75) is 25.8 Å². The van der Waals surface area contributed by atoms with Gasteiger partial charge in [-0.2, -0.15) is 0 Å². The maximum atomic E-state index is 12.2. The van der Waals surface area contributed by atoms with Crippen LogP contribution in [-0.2, 0) is 4.79 Å². The maximum Gasteiger partial charge on any atom is 0.303 e. The SMILES string of the molecule is CC(CCC(=O)O)NC(=O)c1cncc2ccccc12. The molecule has 1 unspecified atom stereocenters. The number of rotatable bonds is 5. The van der Waals surface area contributed by atoms with Crippen LogP contribution in [0.1, 0.15) is 30.1 Å². The summed E-state index contributed by atoms with van der Waals surface area (Å²) in [6.07, 6.45) is 3.68. The summed E-state index contributed by atoms with van der Waals surface area (Å²) in [5, 5.41) is 13.2. The first kappa shape index (κ1) is 14.0. The average Bonchev–Trinajstić information content (AvgIpc) is 2.44. The van der Waals surface area contributed by atoms with Crippen LogP contribution in [0.15, 0.2) is 36.7 Å². The number of hydrogen-bond acceptors (Lipinski definition) is 3. The molecule has 1 amide bonds. The van der Waals surface area contributed by atoms with Crippen LogP contribution in [-0.4, -0.2) is 28.0 Å². The van der Waals surface area contributed by atoms with Gasteiger partial charge in [0.15, 0.2) is 0 Å². The van der Waals surface area contributed by atoms with Crippen molar-refractivity contribution in [2.24, 2.45) is 0 Å². The molecule has 2 rings (SSSR count). The number of nitrogens with zero attached hydrogens (tertiary/aromatic N) is 1. The van der Waals surface area contributed by atoms with Gasteiger partial charge in [-0.1, -0.05) is 24.3 Å². The summed E-state index contributed by atoms with van der Waals surface area (Å²) in [4.78, 5) is 26.8. The first-order chi connectivity index (χ1) is 9.58. The zero-order chi connectivity index (χ0) is 14.5. The molecule has 0 bridgehead atoms. The zero-order valence-corrected chi connectivity index (χ0v) is 11.2. The second-order valence-electron chi connectivity index (χ2n) is 4.72. The van der Waals surface area contributed by atoms with Gasteiger partial charge in [-0.25, -0.2) is 0 Å². The van der Waals surface area contributed by atoms with Gasteiger partial charge in [0.1, 0.15) is 0 Å². The molecular weight excluding hydrogens is 256 g/mol. The zero-order valence-electron chi connectivity index (χ0n) is 11.2. The molecule has 5 nitrogen and oxygen atoms in total. The molecule has 0 aliphatic heterocycles. The number of benzene rings is 1. The lowest BCUT2D eigenvalue weighted by molar-refractivity contribution is -0.137. The minimum atomic E-state index is -0.863. The quantitative estimate of drug-likeness (QED) is 0.874. The second kappa shape index (κ2) is 6.14. The molecule has 0 saturated carbocycles. The summed E-state index contributed by atoms with van der Waals surface area (Å²) < 4.78 is 0. The monoisotopic (exact) mass is 272 g/mol. The molecule has 1 heterocycles. The Kier molecular flexibility index (Phi) is 4.30. The number of aromatic nitrogens is 1. The van der Waals surface area contributed by atoms with Gasteiger partial charge in [0.2, 0.25) is 0 Å². The first-order valence-corrected chi connectivity index (χ1v) is 6.43. The molecule has 0 aliphatic carbocycles. The Bertz CT molecular complexity index is 635. The van der Waals surface area contributed by atoms with E-state index in [1.165, 1.54) is 6.20 Å². The fraction of sp³-hybridized carbons (Fsp3) is 0.267. The number of amides is 1. The van der Waals surface area contributed by atoms with Gasteiger partial charge in [0.25, 0.3) is 5.91 Å². The van der Waals surface area contributed by atoms with E-state index in [1.807, 2.05) is 24.3 Å². The van der Waals surface area contributed by atoms with E-state index in [-0.39, 0.29) is 18.4 Å². The Morgan fingerprint density at radius 3 is 2.80 bits per heavy atom. The molecule has 0 radical (unpaired) electrons. The summed E-state index contributed by atoms with van der Waals surface area (Å²) >= 11 is 0. The van der Waals surface area contributed by atoms with Crippen LogP contribution in [0.2, 0.25) is 0 Å². The number of carbonyl (C=O) groups is 2. The first-order valence-electron chi connectivity index (χ1n) is 6.43. The topological polar surface area (TPSA) is 79.3 Å². The van der Waals surface area contributed by atoms with Crippen molar-refractivity contribution < 1.29 is 14.7 Å². The molecule has 1 aromatic heterocycles. The molecular formula is C15H16N2O3. The van der Waals surface area contributed by atoms with E-state index in [9.17, 15) is 9.59 Å². The van der Waals surface area contributed by atoms with Gasteiger partial charge >= 0.3 is 5.97 Å². The normalized spacial score (nSPS) is 12.1. The van der Waals surface area contributed by atoms with Gasteiger partial charge < -0.3 is 10.4 Å². The molecule has 0 aliphatic rings. The largest absolute Gasteiger partial charge is 0.481 e. The van der Waals surface area contributed by atoms with E-state index in [0.29, 0.717) is 12.0 Å². The number of hydrogen-bond donors (Lipinski definition) is 2. The van der Waals surface area contributed by atoms with Crippen LogP contribution in [0.4, 0.5) is 0 Å². The van der Waals surface area contributed by atoms with E-state index >= 15 is 0 Å². The lowest BCUT2D eigenvalue weighted by Gasteiger charge is -2.13. The lowest BCUT2D eigenvalue weighted by Crippen LogP contribution is -2.33. The minimum absolute atomic E-state index is 0.0369. The fourth-order valence-corrected chi connectivity index (χ4v) is 2.01. The molecule has 0 fully saturated rings. The van der Waals surface area contributed by atoms with Crippen LogP contribution in [0.3, 0.4) is 0 Å². The number of aliphatic carboxylic acids is 1. The van der Waals surface area contributed by atoms with Crippen LogP contribution >= 0.6 is 0 Å². The fourth-order valence-electron chi connectivity index (χ4n) is 2.01. The summed E-state index contributed by atoms with van der Waals surface area (Å²) in [5.41, 5.74) is 0.505. The van der Waals surface area contributed by atoms with E-state index in [1.54, 1.807) is 13.1 Å². The second-order valence-corrected chi connectivity index (χ2v) is 4.72. The highest BCUT2D eigenvalue weighted by Gasteiger charge is 2.13. The number of carbonyl (C=O) groups excluding carboxylic acids is 1. The Balaban J connectivity index is 2.13. The smallest absolute Gasteiger partial charge is 0.303 e. The van der Waals surface area contributed by atoms with Crippen molar-refractivity contribution in [2.75, 3.05) is 0 Å². The predicted octanol–water partition coefficient (Wildman–Crippen LogP) is 2.22. The summed E-state index contributed by atoms with van der Waals surface area (Å²) in [7, 11) is 0.